The Kier molecular flexibility index (Phi) is 5.78. The Bertz CT molecular complexity index is 371. The van der Waals surface area contributed by atoms with Crippen molar-refractivity contribution < 1.29 is 8.42 Å². The van der Waals surface area contributed by atoms with Crippen molar-refractivity contribution in [1.82, 2.24) is 14.5 Å². The Morgan fingerprint density at radius 1 is 1.28 bits per heavy atom. The van der Waals surface area contributed by atoms with E-state index >= 15 is 0 Å². The SMILES string of the molecule is C=C(CNC(C)C)CN1CCN(S(C)(=O)=O)CC1. The monoisotopic (exact) mass is 275 g/mol. The molecular formula is C12H25N3O2S. The number of piperazine rings is 1. The van der Waals surface area contributed by atoms with Crippen molar-refractivity contribution in [2.45, 2.75) is 19.9 Å². The molecule has 1 fully saturated rings. The fraction of sp³-hybridized carbons (Fsp3) is 0.833. The predicted molar refractivity (Wildman–Crippen MR) is 75.1 cm³/mol. The van der Waals surface area contributed by atoms with Gasteiger partial charge in [0, 0.05) is 45.3 Å². The maximum absolute atomic E-state index is 11.4. The van der Waals surface area contributed by atoms with E-state index in [4.69, 9.17) is 0 Å². The number of hydrogen-bond donors (Lipinski definition) is 1. The summed E-state index contributed by atoms with van der Waals surface area (Å²) < 4.78 is 24.3. The van der Waals surface area contributed by atoms with Crippen LogP contribution in [0.3, 0.4) is 0 Å². The van der Waals surface area contributed by atoms with Gasteiger partial charge in [0.25, 0.3) is 0 Å². The first-order valence-electron chi connectivity index (χ1n) is 6.36. The summed E-state index contributed by atoms with van der Waals surface area (Å²) in [6.45, 7) is 12.7. The van der Waals surface area contributed by atoms with Crippen LogP contribution in [0.15, 0.2) is 12.2 Å². The first-order valence-corrected chi connectivity index (χ1v) is 8.21. The third-order valence-electron chi connectivity index (χ3n) is 3.01. The van der Waals surface area contributed by atoms with Crippen molar-refractivity contribution in [2.75, 3.05) is 45.5 Å². The Labute approximate surface area is 111 Å². The van der Waals surface area contributed by atoms with Crippen LogP contribution in [0.4, 0.5) is 0 Å². The maximum atomic E-state index is 11.4. The molecule has 0 aromatic rings. The standard InChI is InChI=1S/C12H25N3O2S/c1-11(2)13-9-12(3)10-14-5-7-15(8-6-14)18(4,16)17/h11,13H,3,5-10H2,1-2,4H3. The largest absolute Gasteiger partial charge is 0.311 e. The highest BCUT2D eigenvalue weighted by molar-refractivity contribution is 7.88. The van der Waals surface area contributed by atoms with Crippen LogP contribution in [0.5, 0.6) is 0 Å². The molecule has 6 heteroatoms. The highest BCUT2D eigenvalue weighted by Crippen LogP contribution is 2.07. The zero-order valence-corrected chi connectivity index (χ0v) is 12.5. The summed E-state index contributed by atoms with van der Waals surface area (Å²) >= 11 is 0. The van der Waals surface area contributed by atoms with Crippen LogP contribution >= 0.6 is 0 Å². The first-order chi connectivity index (χ1) is 8.29. The summed E-state index contributed by atoms with van der Waals surface area (Å²) in [6, 6.07) is 0.462. The summed E-state index contributed by atoms with van der Waals surface area (Å²) in [5.41, 5.74) is 1.15. The minimum absolute atomic E-state index is 0.462. The minimum Gasteiger partial charge on any atom is -0.311 e. The molecule has 0 bridgehead atoms. The van der Waals surface area contributed by atoms with E-state index in [1.54, 1.807) is 4.31 Å². The lowest BCUT2D eigenvalue weighted by molar-refractivity contribution is 0.201. The van der Waals surface area contributed by atoms with Crippen molar-refractivity contribution >= 4 is 10.0 Å². The summed E-state index contributed by atoms with van der Waals surface area (Å²) in [7, 11) is -3.03. The van der Waals surface area contributed by atoms with Gasteiger partial charge in [0.2, 0.25) is 10.0 Å². The molecule has 0 atom stereocenters. The molecule has 0 aromatic carbocycles. The van der Waals surface area contributed by atoms with E-state index in [1.807, 2.05) is 0 Å². The van der Waals surface area contributed by atoms with Crippen LogP contribution in [-0.2, 0) is 10.0 Å². The average molecular weight is 275 g/mol. The van der Waals surface area contributed by atoms with E-state index in [0.29, 0.717) is 19.1 Å². The van der Waals surface area contributed by atoms with Gasteiger partial charge in [-0.05, 0) is 5.57 Å². The molecule has 106 valence electrons. The van der Waals surface area contributed by atoms with Crippen LogP contribution in [-0.4, -0.2) is 69.2 Å². The van der Waals surface area contributed by atoms with Crippen molar-refractivity contribution in [1.29, 1.82) is 0 Å². The van der Waals surface area contributed by atoms with Crippen LogP contribution in [0.2, 0.25) is 0 Å². The van der Waals surface area contributed by atoms with Gasteiger partial charge >= 0.3 is 0 Å². The Morgan fingerprint density at radius 2 is 1.83 bits per heavy atom. The van der Waals surface area contributed by atoms with Gasteiger partial charge in [-0.1, -0.05) is 20.4 Å². The Hall–Kier alpha value is -0.430. The predicted octanol–water partition coefficient (Wildman–Crippen LogP) is 0.118. The van der Waals surface area contributed by atoms with Gasteiger partial charge in [-0.25, -0.2) is 8.42 Å². The zero-order chi connectivity index (χ0) is 13.8. The van der Waals surface area contributed by atoms with Crippen molar-refractivity contribution in [3.8, 4) is 0 Å². The third kappa shape index (κ3) is 5.48. The van der Waals surface area contributed by atoms with Crippen LogP contribution in [0, 0.1) is 0 Å². The lowest BCUT2D eigenvalue weighted by Gasteiger charge is -2.33. The van der Waals surface area contributed by atoms with E-state index in [1.165, 1.54) is 6.26 Å². The average Bonchev–Trinajstić information content (AvgIpc) is 2.26. The molecule has 0 unspecified atom stereocenters. The van der Waals surface area contributed by atoms with E-state index in [-0.39, 0.29) is 0 Å². The number of sulfonamides is 1. The van der Waals surface area contributed by atoms with E-state index in [9.17, 15) is 8.42 Å². The number of hydrogen-bond acceptors (Lipinski definition) is 4. The molecule has 0 saturated carbocycles. The van der Waals surface area contributed by atoms with Gasteiger partial charge in [0.15, 0.2) is 0 Å². The smallest absolute Gasteiger partial charge is 0.211 e. The number of nitrogens with zero attached hydrogens (tertiary/aromatic N) is 2. The van der Waals surface area contributed by atoms with E-state index < -0.39 is 10.0 Å². The topological polar surface area (TPSA) is 52.6 Å². The highest BCUT2D eigenvalue weighted by Gasteiger charge is 2.23. The van der Waals surface area contributed by atoms with Gasteiger partial charge < -0.3 is 5.32 Å². The highest BCUT2D eigenvalue weighted by atomic mass is 32.2. The van der Waals surface area contributed by atoms with Crippen molar-refractivity contribution in [3.05, 3.63) is 12.2 Å². The molecular weight excluding hydrogens is 250 g/mol. The molecule has 0 radical (unpaired) electrons. The molecule has 1 rings (SSSR count). The maximum Gasteiger partial charge on any atom is 0.211 e. The van der Waals surface area contributed by atoms with Gasteiger partial charge in [-0.15, -0.1) is 0 Å². The summed E-state index contributed by atoms with van der Waals surface area (Å²) in [6.07, 6.45) is 1.27. The lowest BCUT2D eigenvalue weighted by atomic mass is 10.2. The Morgan fingerprint density at radius 3 is 2.28 bits per heavy atom. The second kappa shape index (κ2) is 6.65. The molecule has 0 amide bonds. The zero-order valence-electron chi connectivity index (χ0n) is 11.6. The fourth-order valence-corrected chi connectivity index (χ4v) is 2.77. The normalized spacial score (nSPS) is 19.3. The molecule has 1 heterocycles. The Balaban J connectivity index is 2.29. The molecule has 0 aromatic heterocycles. The van der Waals surface area contributed by atoms with Crippen LogP contribution in [0.25, 0.3) is 0 Å². The molecule has 18 heavy (non-hydrogen) atoms. The summed E-state index contributed by atoms with van der Waals surface area (Å²) in [5, 5.41) is 3.34. The molecule has 0 spiro atoms. The molecule has 1 saturated heterocycles. The van der Waals surface area contributed by atoms with Gasteiger partial charge in [0.1, 0.15) is 0 Å². The van der Waals surface area contributed by atoms with Crippen LogP contribution in [0.1, 0.15) is 13.8 Å². The molecule has 1 N–H and O–H groups in total. The van der Waals surface area contributed by atoms with Gasteiger partial charge in [-0.2, -0.15) is 4.31 Å². The lowest BCUT2D eigenvalue weighted by Crippen LogP contribution is -2.49. The number of rotatable bonds is 6. The number of nitrogens with one attached hydrogen (secondary N) is 1. The van der Waals surface area contributed by atoms with E-state index in [2.05, 4.69) is 30.6 Å². The first kappa shape index (κ1) is 15.6. The van der Waals surface area contributed by atoms with Crippen molar-refractivity contribution in [2.24, 2.45) is 0 Å². The second-order valence-corrected chi connectivity index (χ2v) is 7.21. The molecule has 0 aliphatic carbocycles. The molecule has 1 aliphatic heterocycles. The molecule has 1 aliphatic rings. The fourth-order valence-electron chi connectivity index (χ4n) is 1.94. The quantitative estimate of drug-likeness (QED) is 0.700. The minimum atomic E-state index is -3.03. The summed E-state index contributed by atoms with van der Waals surface area (Å²) in [5.74, 6) is 0. The van der Waals surface area contributed by atoms with Crippen molar-refractivity contribution in [3.63, 3.8) is 0 Å². The van der Waals surface area contributed by atoms with Gasteiger partial charge in [0.05, 0.1) is 6.26 Å². The van der Waals surface area contributed by atoms with Crippen LogP contribution < -0.4 is 5.32 Å². The third-order valence-corrected chi connectivity index (χ3v) is 4.31. The summed E-state index contributed by atoms with van der Waals surface area (Å²) in [4.78, 5) is 2.26. The molecule has 5 nitrogen and oxygen atoms in total. The van der Waals surface area contributed by atoms with E-state index in [0.717, 1.165) is 31.8 Å². The second-order valence-electron chi connectivity index (χ2n) is 5.22. The van der Waals surface area contributed by atoms with Gasteiger partial charge in [-0.3, -0.25) is 4.90 Å².